The highest BCUT2D eigenvalue weighted by Crippen LogP contribution is 2.52. The summed E-state index contributed by atoms with van der Waals surface area (Å²) in [5.41, 5.74) is 4.70. The molecule has 1 fully saturated rings. The molecule has 2 aromatic rings. The van der Waals surface area contributed by atoms with Crippen LogP contribution >= 0.6 is 11.6 Å². The van der Waals surface area contributed by atoms with E-state index in [4.69, 9.17) is 22.1 Å². The van der Waals surface area contributed by atoms with Crippen molar-refractivity contribution in [1.29, 1.82) is 0 Å². The number of hydrogen-bond acceptors (Lipinski definition) is 5. The first-order valence-electron chi connectivity index (χ1n) is 8.73. The molecule has 3 unspecified atom stereocenters. The molecule has 0 spiro atoms. The molecule has 0 saturated heterocycles. The molecule has 28 heavy (non-hydrogen) atoms. The highest BCUT2D eigenvalue weighted by molar-refractivity contribution is 6.30. The number of carbonyl (C=O) groups excluding carboxylic acids is 1. The van der Waals surface area contributed by atoms with E-state index in [1.54, 1.807) is 24.3 Å². The Balaban J connectivity index is 1.66. The van der Waals surface area contributed by atoms with Crippen LogP contribution in [0.2, 0.25) is 5.02 Å². The van der Waals surface area contributed by atoms with Gasteiger partial charge in [0.2, 0.25) is 0 Å². The summed E-state index contributed by atoms with van der Waals surface area (Å²) in [6.07, 6.45) is -0.560. The van der Waals surface area contributed by atoms with Crippen molar-refractivity contribution in [3.8, 4) is 0 Å². The molecule has 0 radical (unpaired) electrons. The molecular weight excluding hydrogens is 390 g/mol. The number of ether oxygens (including phenoxy) is 1. The molecular formula is C19H17ClF2N4O2. The Morgan fingerprint density at radius 2 is 2.14 bits per heavy atom. The third-order valence-electron chi connectivity index (χ3n) is 5.22. The van der Waals surface area contributed by atoms with Crippen LogP contribution in [0.4, 0.5) is 14.5 Å². The van der Waals surface area contributed by atoms with Crippen LogP contribution < -0.4 is 11.1 Å². The van der Waals surface area contributed by atoms with E-state index in [1.165, 1.54) is 18.3 Å². The van der Waals surface area contributed by atoms with Gasteiger partial charge in [0.1, 0.15) is 11.8 Å². The van der Waals surface area contributed by atoms with E-state index in [0.717, 1.165) is 0 Å². The van der Waals surface area contributed by atoms with Gasteiger partial charge in [-0.3, -0.25) is 4.79 Å². The number of pyridine rings is 1. The smallest absolute Gasteiger partial charge is 0.283 e. The molecule has 3 atom stereocenters. The average Bonchev–Trinajstić information content (AvgIpc) is 2.64. The van der Waals surface area contributed by atoms with Crippen molar-refractivity contribution in [2.75, 3.05) is 5.32 Å². The molecule has 1 aromatic heterocycles. The number of carbonyl (C=O) groups is 1. The van der Waals surface area contributed by atoms with E-state index in [9.17, 15) is 13.6 Å². The first-order chi connectivity index (χ1) is 13.4. The van der Waals surface area contributed by atoms with Crippen LogP contribution in [0.1, 0.15) is 28.9 Å². The Morgan fingerprint density at radius 3 is 2.79 bits per heavy atom. The van der Waals surface area contributed by atoms with Crippen molar-refractivity contribution in [3.63, 3.8) is 0 Å². The number of fused-ring (bicyclic) bond motifs is 1. The maximum Gasteiger partial charge on any atom is 0.283 e. The van der Waals surface area contributed by atoms with Gasteiger partial charge in [0.25, 0.3) is 18.4 Å². The summed E-state index contributed by atoms with van der Waals surface area (Å²) in [5.74, 6) is -0.944. The van der Waals surface area contributed by atoms with E-state index < -0.39 is 23.8 Å². The lowest BCUT2D eigenvalue weighted by Crippen LogP contribution is -2.57. The Bertz CT molecular complexity index is 938. The minimum atomic E-state index is -2.77. The highest BCUT2D eigenvalue weighted by Gasteiger charge is 2.58. The number of aromatic nitrogens is 1. The molecule has 3 N–H and O–H groups in total. The lowest BCUT2D eigenvalue weighted by atomic mass is 9.65. The largest absolute Gasteiger partial charge is 0.462 e. The number of nitrogens with zero attached hydrogens (tertiary/aromatic N) is 2. The Kier molecular flexibility index (Phi) is 4.66. The van der Waals surface area contributed by atoms with Gasteiger partial charge in [-0.25, -0.2) is 18.8 Å². The predicted molar refractivity (Wildman–Crippen MR) is 101 cm³/mol. The van der Waals surface area contributed by atoms with E-state index >= 15 is 0 Å². The summed E-state index contributed by atoms with van der Waals surface area (Å²) in [6, 6.07) is 9.06. The summed E-state index contributed by atoms with van der Waals surface area (Å²) >= 11 is 5.77. The average molecular weight is 407 g/mol. The molecule has 0 bridgehead atoms. The molecule has 2 heterocycles. The van der Waals surface area contributed by atoms with Gasteiger partial charge in [-0.1, -0.05) is 23.7 Å². The molecule has 1 aliphatic carbocycles. The number of rotatable bonds is 4. The topological polar surface area (TPSA) is 89.6 Å². The summed E-state index contributed by atoms with van der Waals surface area (Å²) in [5, 5.41) is 3.07. The van der Waals surface area contributed by atoms with Crippen molar-refractivity contribution in [1.82, 2.24) is 4.98 Å². The molecule has 146 valence electrons. The number of hydrogen-bond donors (Lipinski definition) is 2. The Hall–Kier alpha value is -2.74. The zero-order chi connectivity index (χ0) is 19.9. The normalized spacial score (nSPS) is 25.9. The van der Waals surface area contributed by atoms with Crippen LogP contribution in [0.3, 0.4) is 0 Å². The second-order valence-electron chi connectivity index (χ2n) is 6.81. The number of amides is 1. The van der Waals surface area contributed by atoms with Gasteiger partial charge in [0, 0.05) is 17.8 Å². The van der Waals surface area contributed by atoms with Crippen LogP contribution in [0.25, 0.3) is 0 Å². The van der Waals surface area contributed by atoms with Crippen molar-refractivity contribution >= 4 is 29.2 Å². The fourth-order valence-electron chi connectivity index (χ4n) is 3.73. The van der Waals surface area contributed by atoms with Gasteiger partial charge in [-0.05, 0) is 42.7 Å². The van der Waals surface area contributed by atoms with Gasteiger partial charge in [-0.15, -0.1) is 0 Å². The third-order valence-corrected chi connectivity index (χ3v) is 5.44. The van der Waals surface area contributed by atoms with Crippen molar-refractivity contribution in [3.05, 3.63) is 58.9 Å². The number of amidine groups is 1. The second-order valence-corrected chi connectivity index (χ2v) is 7.25. The monoisotopic (exact) mass is 406 g/mol. The summed E-state index contributed by atoms with van der Waals surface area (Å²) in [7, 11) is 0. The molecule has 9 heteroatoms. The second kappa shape index (κ2) is 7.01. The first kappa shape index (κ1) is 18.6. The SMILES string of the molecule is NC1=NC(c2cccc(NC(=O)c3ccc(Cl)cn3)c2)(C(F)F)C2CCC2O1. The van der Waals surface area contributed by atoms with E-state index in [1.807, 2.05) is 0 Å². The number of anilines is 1. The fraction of sp³-hybridized carbons (Fsp3) is 0.316. The van der Waals surface area contributed by atoms with Crippen LogP contribution in [-0.4, -0.2) is 29.4 Å². The summed E-state index contributed by atoms with van der Waals surface area (Å²) in [6.45, 7) is 0. The standard InChI is InChI=1S/C19H17ClF2N4O2/c20-11-4-6-14(24-9-11)16(27)25-12-3-1-2-10(8-12)19(17(21)22)13-5-7-15(13)28-18(23)26-19/h1-4,6,8-9,13,15,17H,5,7H2,(H2,23,26)(H,25,27). The van der Waals surface area contributed by atoms with Gasteiger partial charge >= 0.3 is 0 Å². The highest BCUT2D eigenvalue weighted by atomic mass is 35.5. The van der Waals surface area contributed by atoms with Gasteiger partial charge < -0.3 is 15.8 Å². The molecule has 1 aromatic carbocycles. The summed E-state index contributed by atoms with van der Waals surface area (Å²) < 4.78 is 33.9. The minimum Gasteiger partial charge on any atom is -0.462 e. The number of aliphatic imine (C=N–C) groups is 1. The number of nitrogens with two attached hydrogens (primary N) is 1. The van der Waals surface area contributed by atoms with Crippen LogP contribution in [0, 0.1) is 5.92 Å². The zero-order valence-electron chi connectivity index (χ0n) is 14.6. The minimum absolute atomic E-state index is 0.158. The molecule has 1 saturated carbocycles. The van der Waals surface area contributed by atoms with Crippen molar-refractivity contribution in [2.45, 2.75) is 30.9 Å². The third kappa shape index (κ3) is 3.07. The number of alkyl halides is 2. The Labute approximate surface area is 164 Å². The number of nitrogens with one attached hydrogen (secondary N) is 1. The van der Waals surface area contributed by atoms with Crippen LogP contribution in [0.5, 0.6) is 0 Å². The quantitative estimate of drug-likeness (QED) is 0.812. The maximum atomic E-state index is 14.3. The van der Waals surface area contributed by atoms with E-state index in [-0.39, 0.29) is 23.4 Å². The fourth-order valence-corrected chi connectivity index (χ4v) is 3.84. The first-order valence-corrected chi connectivity index (χ1v) is 9.11. The molecule has 6 nitrogen and oxygen atoms in total. The lowest BCUT2D eigenvalue weighted by molar-refractivity contribution is -0.0937. The molecule has 1 amide bonds. The van der Waals surface area contributed by atoms with Crippen molar-refractivity contribution < 1.29 is 18.3 Å². The zero-order valence-corrected chi connectivity index (χ0v) is 15.4. The molecule has 1 aliphatic heterocycles. The van der Waals surface area contributed by atoms with Gasteiger partial charge in [0.15, 0.2) is 5.54 Å². The maximum absolute atomic E-state index is 14.3. The van der Waals surface area contributed by atoms with Crippen molar-refractivity contribution in [2.24, 2.45) is 16.6 Å². The van der Waals surface area contributed by atoms with Crippen LogP contribution in [0.15, 0.2) is 47.6 Å². The molecule has 2 aliphatic rings. The predicted octanol–water partition coefficient (Wildman–Crippen LogP) is 3.57. The molecule has 4 rings (SSSR count). The number of halogens is 3. The summed E-state index contributed by atoms with van der Waals surface area (Å²) in [4.78, 5) is 20.4. The number of benzene rings is 1. The van der Waals surface area contributed by atoms with Gasteiger partial charge in [0.05, 0.1) is 5.02 Å². The Morgan fingerprint density at radius 1 is 1.32 bits per heavy atom. The van der Waals surface area contributed by atoms with E-state index in [0.29, 0.717) is 23.6 Å². The van der Waals surface area contributed by atoms with Gasteiger partial charge in [-0.2, -0.15) is 0 Å². The van der Waals surface area contributed by atoms with Crippen LogP contribution in [-0.2, 0) is 10.3 Å². The van der Waals surface area contributed by atoms with E-state index in [2.05, 4.69) is 15.3 Å². The lowest BCUT2D eigenvalue weighted by Gasteiger charge is -2.50.